The van der Waals surface area contributed by atoms with E-state index in [0.29, 0.717) is 28.7 Å². The molecule has 1 aromatic heterocycles. The molecule has 0 atom stereocenters. The zero-order valence-electron chi connectivity index (χ0n) is 13.8. The number of nitrogens with two attached hydrogens (primary N) is 1. The SMILES string of the molecule is Cc1nc(N)c(C#Cc2ccc(C(F)(F)F)cc2)c(C2CCCC2)n1. The first-order valence-electron chi connectivity index (χ1n) is 8.18. The number of benzene rings is 1. The second-order valence-electron chi connectivity index (χ2n) is 6.22. The average Bonchev–Trinajstić information content (AvgIpc) is 3.07. The number of aryl methyl sites for hydroxylation is 1. The van der Waals surface area contributed by atoms with Crippen LogP contribution in [0.3, 0.4) is 0 Å². The Morgan fingerprint density at radius 3 is 2.28 bits per heavy atom. The van der Waals surface area contributed by atoms with Crippen LogP contribution in [0.4, 0.5) is 19.0 Å². The molecule has 0 bridgehead atoms. The summed E-state index contributed by atoms with van der Waals surface area (Å²) in [5.74, 6) is 7.12. The van der Waals surface area contributed by atoms with Crippen LogP contribution in [0.5, 0.6) is 0 Å². The van der Waals surface area contributed by atoms with Crippen molar-refractivity contribution < 1.29 is 13.2 Å². The van der Waals surface area contributed by atoms with Crippen LogP contribution in [0.15, 0.2) is 24.3 Å². The highest BCUT2D eigenvalue weighted by atomic mass is 19.4. The van der Waals surface area contributed by atoms with Crippen LogP contribution in [-0.2, 0) is 6.18 Å². The molecule has 3 nitrogen and oxygen atoms in total. The first-order chi connectivity index (χ1) is 11.8. The summed E-state index contributed by atoms with van der Waals surface area (Å²) in [7, 11) is 0. The Labute approximate surface area is 144 Å². The highest BCUT2D eigenvalue weighted by Crippen LogP contribution is 2.35. The van der Waals surface area contributed by atoms with Gasteiger partial charge in [0.05, 0.1) is 16.8 Å². The van der Waals surface area contributed by atoms with Crippen LogP contribution in [0.25, 0.3) is 0 Å². The molecule has 6 heteroatoms. The van der Waals surface area contributed by atoms with E-state index in [9.17, 15) is 13.2 Å². The minimum Gasteiger partial charge on any atom is -0.383 e. The van der Waals surface area contributed by atoms with E-state index in [1.54, 1.807) is 6.92 Å². The van der Waals surface area contributed by atoms with Gasteiger partial charge in [0.15, 0.2) is 0 Å². The normalized spacial score (nSPS) is 15.0. The van der Waals surface area contributed by atoms with Crippen LogP contribution in [0.1, 0.15) is 59.8 Å². The van der Waals surface area contributed by atoms with Crippen molar-refractivity contribution in [1.29, 1.82) is 0 Å². The molecule has 3 rings (SSSR count). The predicted octanol–water partition coefficient (Wildman–Crippen LogP) is 4.44. The summed E-state index contributed by atoms with van der Waals surface area (Å²) >= 11 is 0. The number of hydrogen-bond donors (Lipinski definition) is 1. The van der Waals surface area contributed by atoms with Gasteiger partial charge in [-0.1, -0.05) is 24.7 Å². The lowest BCUT2D eigenvalue weighted by Crippen LogP contribution is -2.08. The fraction of sp³-hybridized carbons (Fsp3) is 0.368. The Bertz CT molecular complexity index is 824. The standard InChI is InChI=1S/C19H18F3N3/c1-12-24-17(14-4-2-3-5-14)16(18(23)25-12)11-8-13-6-9-15(10-7-13)19(20,21)22/h6-7,9-10,14H,2-5H2,1H3,(H2,23,24,25). The van der Waals surface area contributed by atoms with E-state index < -0.39 is 11.7 Å². The third kappa shape index (κ3) is 3.93. The Balaban J connectivity index is 1.94. The Morgan fingerprint density at radius 2 is 1.68 bits per heavy atom. The van der Waals surface area contributed by atoms with Crippen molar-refractivity contribution in [2.75, 3.05) is 5.73 Å². The van der Waals surface area contributed by atoms with Gasteiger partial charge in [-0.3, -0.25) is 0 Å². The fourth-order valence-corrected chi connectivity index (χ4v) is 3.12. The van der Waals surface area contributed by atoms with Crippen LogP contribution < -0.4 is 5.73 Å². The molecule has 25 heavy (non-hydrogen) atoms. The van der Waals surface area contributed by atoms with Crippen molar-refractivity contribution in [2.24, 2.45) is 0 Å². The molecule has 1 saturated carbocycles. The summed E-state index contributed by atoms with van der Waals surface area (Å²) in [6.07, 6.45) is 0.0469. The summed E-state index contributed by atoms with van der Waals surface area (Å²) in [5.41, 5.74) is 7.29. The van der Waals surface area contributed by atoms with Gasteiger partial charge in [-0.15, -0.1) is 0 Å². The maximum absolute atomic E-state index is 12.6. The van der Waals surface area contributed by atoms with Gasteiger partial charge >= 0.3 is 6.18 Å². The molecule has 1 aliphatic carbocycles. The quantitative estimate of drug-likeness (QED) is 0.777. The van der Waals surface area contributed by atoms with E-state index in [4.69, 9.17) is 5.73 Å². The number of nitrogen functional groups attached to an aromatic ring is 1. The van der Waals surface area contributed by atoms with Gasteiger partial charge < -0.3 is 5.73 Å². The number of anilines is 1. The molecule has 0 amide bonds. The molecule has 0 radical (unpaired) electrons. The van der Waals surface area contributed by atoms with Crippen molar-refractivity contribution >= 4 is 5.82 Å². The summed E-state index contributed by atoms with van der Waals surface area (Å²) in [6, 6.07) is 4.76. The number of halogens is 3. The van der Waals surface area contributed by atoms with E-state index in [1.165, 1.54) is 12.1 Å². The minimum absolute atomic E-state index is 0.320. The van der Waals surface area contributed by atoms with Gasteiger partial charge in [0.2, 0.25) is 0 Å². The van der Waals surface area contributed by atoms with E-state index in [1.807, 2.05) is 0 Å². The number of rotatable bonds is 1. The van der Waals surface area contributed by atoms with E-state index >= 15 is 0 Å². The second kappa shape index (κ2) is 6.75. The highest BCUT2D eigenvalue weighted by Gasteiger charge is 2.29. The molecule has 0 saturated heterocycles. The molecular formula is C19H18F3N3. The number of hydrogen-bond acceptors (Lipinski definition) is 3. The first-order valence-corrected chi connectivity index (χ1v) is 8.18. The molecule has 2 N–H and O–H groups in total. The van der Waals surface area contributed by atoms with Crippen LogP contribution in [0, 0.1) is 18.8 Å². The van der Waals surface area contributed by atoms with E-state index in [0.717, 1.165) is 43.5 Å². The number of alkyl halides is 3. The van der Waals surface area contributed by atoms with Gasteiger partial charge in [0.1, 0.15) is 11.6 Å². The number of nitrogens with zero attached hydrogens (tertiary/aromatic N) is 2. The summed E-state index contributed by atoms with van der Waals surface area (Å²) in [4.78, 5) is 8.71. The lowest BCUT2D eigenvalue weighted by Gasteiger charge is -2.13. The maximum atomic E-state index is 12.6. The fourth-order valence-electron chi connectivity index (χ4n) is 3.12. The molecule has 1 fully saturated rings. The largest absolute Gasteiger partial charge is 0.416 e. The van der Waals surface area contributed by atoms with Crippen molar-refractivity contribution in [1.82, 2.24) is 9.97 Å². The summed E-state index contributed by atoms with van der Waals surface area (Å²) in [5, 5.41) is 0. The molecule has 1 heterocycles. The van der Waals surface area contributed by atoms with Crippen molar-refractivity contribution in [3.63, 3.8) is 0 Å². The average molecular weight is 345 g/mol. The number of aromatic nitrogens is 2. The molecule has 0 aliphatic heterocycles. The lowest BCUT2D eigenvalue weighted by molar-refractivity contribution is -0.137. The Kier molecular flexibility index (Phi) is 4.67. The third-order valence-electron chi connectivity index (χ3n) is 4.36. The molecule has 1 aliphatic rings. The molecular weight excluding hydrogens is 327 g/mol. The van der Waals surface area contributed by atoms with E-state index in [2.05, 4.69) is 21.8 Å². The van der Waals surface area contributed by atoms with E-state index in [-0.39, 0.29) is 0 Å². The van der Waals surface area contributed by atoms with Gasteiger partial charge in [-0.25, -0.2) is 9.97 Å². The summed E-state index contributed by atoms with van der Waals surface area (Å²) in [6.45, 7) is 1.79. The Hall–Kier alpha value is -2.55. The zero-order valence-corrected chi connectivity index (χ0v) is 13.8. The van der Waals surface area contributed by atoms with Crippen LogP contribution >= 0.6 is 0 Å². The maximum Gasteiger partial charge on any atom is 0.416 e. The molecule has 0 unspecified atom stereocenters. The zero-order chi connectivity index (χ0) is 18.0. The van der Waals surface area contributed by atoms with Crippen molar-refractivity contribution in [2.45, 2.75) is 44.7 Å². The van der Waals surface area contributed by atoms with Gasteiger partial charge in [-0.05, 0) is 44.0 Å². The first kappa shape index (κ1) is 17.3. The third-order valence-corrected chi connectivity index (χ3v) is 4.36. The van der Waals surface area contributed by atoms with Crippen LogP contribution in [0.2, 0.25) is 0 Å². The summed E-state index contributed by atoms with van der Waals surface area (Å²) < 4.78 is 37.9. The molecule has 0 spiro atoms. The predicted molar refractivity (Wildman–Crippen MR) is 89.8 cm³/mol. The lowest BCUT2D eigenvalue weighted by atomic mass is 9.98. The second-order valence-corrected chi connectivity index (χ2v) is 6.22. The molecule has 1 aromatic carbocycles. The molecule has 130 valence electrons. The van der Waals surface area contributed by atoms with Crippen molar-refractivity contribution in [3.8, 4) is 11.8 Å². The van der Waals surface area contributed by atoms with Crippen LogP contribution in [-0.4, -0.2) is 9.97 Å². The smallest absolute Gasteiger partial charge is 0.383 e. The minimum atomic E-state index is -4.35. The van der Waals surface area contributed by atoms with Crippen molar-refractivity contribution in [3.05, 3.63) is 52.5 Å². The van der Waals surface area contributed by atoms with Gasteiger partial charge in [0.25, 0.3) is 0 Å². The topological polar surface area (TPSA) is 51.8 Å². The highest BCUT2D eigenvalue weighted by molar-refractivity contribution is 5.56. The Morgan fingerprint density at radius 1 is 1.04 bits per heavy atom. The van der Waals surface area contributed by atoms with Gasteiger partial charge in [0, 0.05) is 11.5 Å². The molecule has 2 aromatic rings. The monoisotopic (exact) mass is 345 g/mol. The van der Waals surface area contributed by atoms with Gasteiger partial charge in [-0.2, -0.15) is 13.2 Å².